The summed E-state index contributed by atoms with van der Waals surface area (Å²) in [5.74, 6) is 7.05. The second-order valence-corrected chi connectivity index (χ2v) is 4.15. The molecule has 0 aromatic heterocycles. The van der Waals surface area contributed by atoms with Crippen molar-refractivity contribution in [2.75, 3.05) is 0 Å². The van der Waals surface area contributed by atoms with Crippen molar-refractivity contribution in [2.24, 2.45) is 5.92 Å². The van der Waals surface area contributed by atoms with Crippen molar-refractivity contribution in [3.63, 3.8) is 0 Å². The van der Waals surface area contributed by atoms with Crippen molar-refractivity contribution in [3.8, 4) is 11.8 Å². The largest absolute Gasteiger partial charge is 0.0903 e. The van der Waals surface area contributed by atoms with E-state index < -0.39 is 0 Å². The van der Waals surface area contributed by atoms with E-state index >= 15 is 0 Å². The van der Waals surface area contributed by atoms with Gasteiger partial charge in [-0.1, -0.05) is 41.7 Å². The van der Waals surface area contributed by atoms with Gasteiger partial charge in [0.2, 0.25) is 0 Å². The van der Waals surface area contributed by atoms with Crippen LogP contribution in [0.2, 0.25) is 0 Å². The van der Waals surface area contributed by atoms with Gasteiger partial charge in [0.05, 0.1) is 0 Å². The highest BCUT2D eigenvalue weighted by atomic mass is 14.1. The van der Waals surface area contributed by atoms with E-state index in [0.717, 1.165) is 5.56 Å². The summed E-state index contributed by atoms with van der Waals surface area (Å²) in [7, 11) is 0. The van der Waals surface area contributed by atoms with Crippen LogP contribution in [-0.4, -0.2) is 0 Å². The first kappa shape index (κ1) is 10.1. The minimum absolute atomic E-state index is 0.471. The maximum Gasteiger partial charge on any atom is 0.0389 e. The number of hydrogen-bond acceptors (Lipinski definition) is 0. The fourth-order valence-corrected chi connectivity index (χ4v) is 1.92. The molecular weight excluding hydrogens is 180 g/mol. The third-order valence-electron chi connectivity index (χ3n) is 2.75. The van der Waals surface area contributed by atoms with Crippen molar-refractivity contribution in [3.05, 3.63) is 47.5 Å². The summed E-state index contributed by atoms with van der Waals surface area (Å²) in [6.45, 7) is 2.20. The first-order valence-corrected chi connectivity index (χ1v) is 5.58. The lowest BCUT2D eigenvalue weighted by molar-refractivity contribution is 0.624. The smallest absolute Gasteiger partial charge is 0.0389 e. The second-order valence-electron chi connectivity index (χ2n) is 4.15. The highest BCUT2D eigenvalue weighted by Crippen LogP contribution is 2.21. The molecule has 1 aliphatic carbocycles. The highest BCUT2D eigenvalue weighted by molar-refractivity contribution is 5.35. The Hall–Kier alpha value is -1.48. The van der Waals surface area contributed by atoms with Crippen molar-refractivity contribution in [2.45, 2.75) is 26.2 Å². The molecule has 0 saturated carbocycles. The molecular formula is C15H16. The van der Waals surface area contributed by atoms with Gasteiger partial charge in [-0.15, -0.1) is 0 Å². The molecule has 0 N–H and O–H groups in total. The Morgan fingerprint density at radius 3 is 2.73 bits per heavy atom. The Bertz CT molecular complexity index is 401. The fraction of sp³-hybridized carbons (Fsp3) is 0.333. The van der Waals surface area contributed by atoms with E-state index in [4.69, 9.17) is 0 Å². The second kappa shape index (κ2) is 4.84. The molecule has 0 aliphatic heterocycles. The van der Waals surface area contributed by atoms with Crippen LogP contribution in [0.5, 0.6) is 0 Å². The molecule has 2 rings (SSSR count). The van der Waals surface area contributed by atoms with E-state index in [1.807, 2.05) is 18.2 Å². The molecule has 0 nitrogen and oxygen atoms in total. The van der Waals surface area contributed by atoms with Gasteiger partial charge in [0.15, 0.2) is 0 Å². The Labute approximate surface area is 92.0 Å². The van der Waals surface area contributed by atoms with Gasteiger partial charge in [0, 0.05) is 11.5 Å². The Morgan fingerprint density at radius 2 is 2.00 bits per heavy atom. The third kappa shape index (κ3) is 2.99. The van der Waals surface area contributed by atoms with E-state index in [-0.39, 0.29) is 0 Å². The minimum atomic E-state index is 0.471. The van der Waals surface area contributed by atoms with Crippen LogP contribution in [0.3, 0.4) is 0 Å². The summed E-state index contributed by atoms with van der Waals surface area (Å²) >= 11 is 0. The van der Waals surface area contributed by atoms with Gasteiger partial charge in [0.25, 0.3) is 0 Å². The van der Waals surface area contributed by atoms with Gasteiger partial charge in [-0.2, -0.15) is 0 Å². The molecule has 1 aliphatic rings. The minimum Gasteiger partial charge on any atom is -0.0903 e. The number of benzene rings is 1. The highest BCUT2D eigenvalue weighted by Gasteiger charge is 2.07. The van der Waals surface area contributed by atoms with E-state index in [0.29, 0.717) is 5.92 Å². The lowest BCUT2D eigenvalue weighted by atomic mass is 9.91. The lowest BCUT2D eigenvalue weighted by Crippen LogP contribution is -2.00. The zero-order valence-electron chi connectivity index (χ0n) is 9.16. The number of rotatable bonds is 0. The van der Waals surface area contributed by atoms with E-state index in [2.05, 4.69) is 37.0 Å². The van der Waals surface area contributed by atoms with Crippen molar-refractivity contribution in [1.29, 1.82) is 0 Å². The maximum atomic E-state index is 3.34. The maximum absolute atomic E-state index is 3.34. The first-order valence-electron chi connectivity index (χ1n) is 5.58. The Kier molecular flexibility index (Phi) is 3.25. The molecule has 76 valence electrons. The van der Waals surface area contributed by atoms with Crippen LogP contribution in [0.4, 0.5) is 0 Å². The predicted octanol–water partition coefficient (Wildman–Crippen LogP) is 3.78. The molecule has 0 heterocycles. The van der Waals surface area contributed by atoms with E-state index in [1.54, 1.807) is 0 Å². The molecule has 0 fully saturated rings. The van der Waals surface area contributed by atoms with Crippen molar-refractivity contribution < 1.29 is 0 Å². The summed E-state index contributed by atoms with van der Waals surface area (Å²) in [6, 6.07) is 10.2. The van der Waals surface area contributed by atoms with Gasteiger partial charge < -0.3 is 0 Å². The third-order valence-corrected chi connectivity index (χ3v) is 2.75. The summed E-state index contributed by atoms with van der Waals surface area (Å²) in [5, 5.41) is 0. The molecule has 0 heteroatoms. The monoisotopic (exact) mass is 196 g/mol. The first-order chi connectivity index (χ1) is 7.34. The number of hydrogen-bond donors (Lipinski definition) is 0. The molecule has 1 unspecified atom stereocenters. The molecule has 1 atom stereocenters. The zero-order chi connectivity index (χ0) is 10.5. The van der Waals surface area contributed by atoms with Crippen LogP contribution >= 0.6 is 0 Å². The zero-order valence-corrected chi connectivity index (χ0v) is 9.16. The van der Waals surface area contributed by atoms with Crippen LogP contribution in [0.25, 0.3) is 0 Å². The average Bonchev–Trinajstić information content (AvgIpc) is 2.28. The normalized spacial score (nSPS) is 20.1. The summed E-state index contributed by atoms with van der Waals surface area (Å²) in [5.41, 5.74) is 2.61. The van der Waals surface area contributed by atoms with E-state index in [1.165, 1.54) is 24.8 Å². The molecule has 0 spiro atoms. The van der Waals surface area contributed by atoms with Crippen LogP contribution in [0.1, 0.15) is 31.7 Å². The molecule has 0 bridgehead atoms. The van der Waals surface area contributed by atoms with Gasteiger partial charge >= 0.3 is 0 Å². The van der Waals surface area contributed by atoms with Crippen LogP contribution in [-0.2, 0) is 0 Å². The SMILES string of the molecule is CC1=CC(C#Cc2ccccc2)CCC1. The average molecular weight is 196 g/mol. The fourth-order valence-electron chi connectivity index (χ4n) is 1.92. The van der Waals surface area contributed by atoms with Gasteiger partial charge in [-0.3, -0.25) is 0 Å². The quantitative estimate of drug-likeness (QED) is 0.437. The molecule has 0 amide bonds. The molecule has 0 saturated heterocycles. The molecule has 0 radical (unpaired) electrons. The Balaban J connectivity index is 2.09. The molecule has 1 aromatic rings. The van der Waals surface area contributed by atoms with Crippen LogP contribution in [0.15, 0.2) is 42.0 Å². The van der Waals surface area contributed by atoms with Gasteiger partial charge in [0.1, 0.15) is 0 Å². The summed E-state index contributed by atoms with van der Waals surface area (Å²) in [6.07, 6.45) is 6.08. The van der Waals surface area contributed by atoms with Crippen LogP contribution in [0, 0.1) is 17.8 Å². The van der Waals surface area contributed by atoms with Crippen LogP contribution < -0.4 is 0 Å². The van der Waals surface area contributed by atoms with Gasteiger partial charge in [-0.25, -0.2) is 0 Å². The van der Waals surface area contributed by atoms with Gasteiger partial charge in [-0.05, 0) is 38.3 Å². The predicted molar refractivity (Wildman–Crippen MR) is 64.4 cm³/mol. The van der Waals surface area contributed by atoms with Crippen molar-refractivity contribution >= 4 is 0 Å². The lowest BCUT2D eigenvalue weighted by Gasteiger charge is -2.13. The molecule has 15 heavy (non-hydrogen) atoms. The summed E-state index contributed by atoms with van der Waals surface area (Å²) < 4.78 is 0. The number of allylic oxidation sites excluding steroid dienone is 2. The van der Waals surface area contributed by atoms with Crippen molar-refractivity contribution in [1.82, 2.24) is 0 Å². The van der Waals surface area contributed by atoms with E-state index in [9.17, 15) is 0 Å². The summed E-state index contributed by atoms with van der Waals surface area (Å²) in [4.78, 5) is 0. The molecule has 1 aromatic carbocycles. The topological polar surface area (TPSA) is 0 Å². The standard InChI is InChI=1S/C15H16/c1-13-6-5-9-15(12-13)11-10-14-7-3-2-4-8-14/h2-4,7-8,12,15H,5-6,9H2,1H3. The Morgan fingerprint density at radius 1 is 1.20 bits per heavy atom.